The van der Waals surface area contributed by atoms with Crippen LogP contribution in [0.15, 0.2) is 194 Å². The number of aromatic nitrogens is 5. The normalized spacial score (nSPS) is 11.6. The fourth-order valence-corrected chi connectivity index (χ4v) is 8.85. The molecule has 0 saturated carbocycles. The minimum Gasteiger partial charge on any atom is -0.307 e. The highest BCUT2D eigenvalue weighted by atomic mass is 15.2. The van der Waals surface area contributed by atoms with Crippen molar-refractivity contribution in [3.63, 3.8) is 0 Å². The largest absolute Gasteiger partial charge is 0.307 e. The lowest BCUT2D eigenvalue weighted by atomic mass is 9.99. The minimum atomic E-state index is 0.570. The molecule has 0 aliphatic rings. The Hall–Kier alpha value is -7.63. The molecule has 11 rings (SSSR count). The van der Waals surface area contributed by atoms with Gasteiger partial charge in [0, 0.05) is 38.4 Å². The van der Waals surface area contributed by atoms with Crippen LogP contribution in [0.2, 0.25) is 0 Å². The number of fused-ring (bicyclic) bond motifs is 7. The molecule has 0 aliphatic carbocycles. The van der Waals surface area contributed by atoms with Gasteiger partial charge in [-0.3, -0.25) is 4.57 Å². The standard InChI is InChI=1S/C55H41N5/c1-2-3-16-37-17-14-22-41(35-37)42-23-15-24-43(36-42)54-56-53(40-20-8-5-9-21-40)57-55(58-54)60-50-28-13-11-26-46(50)48-34-33-47-45-25-10-12-27-49(45)59(51(47)52(48)60)44-31-29-39(30-32-44)38-18-6-4-7-19-38/h4-15,17-36H,2-3,16H2,1H3. The van der Waals surface area contributed by atoms with Gasteiger partial charge in [0.2, 0.25) is 5.95 Å². The summed E-state index contributed by atoms with van der Waals surface area (Å²) >= 11 is 0. The van der Waals surface area contributed by atoms with Crippen LogP contribution in [0.25, 0.3) is 100 Å². The molecule has 0 aliphatic heterocycles. The molecule has 3 heterocycles. The van der Waals surface area contributed by atoms with Gasteiger partial charge >= 0.3 is 0 Å². The zero-order valence-electron chi connectivity index (χ0n) is 33.3. The summed E-state index contributed by atoms with van der Waals surface area (Å²) in [6, 6.07) is 69.1. The van der Waals surface area contributed by atoms with Crippen molar-refractivity contribution in [1.29, 1.82) is 0 Å². The van der Waals surface area contributed by atoms with Gasteiger partial charge in [-0.05, 0) is 71.0 Å². The molecule has 0 unspecified atom stereocenters. The van der Waals surface area contributed by atoms with Crippen LogP contribution >= 0.6 is 0 Å². The topological polar surface area (TPSA) is 48.5 Å². The van der Waals surface area contributed by atoms with Gasteiger partial charge in [0.1, 0.15) is 0 Å². The molecule has 0 spiro atoms. The van der Waals surface area contributed by atoms with Crippen molar-refractivity contribution in [2.75, 3.05) is 0 Å². The Balaban J connectivity index is 1.18. The van der Waals surface area contributed by atoms with E-state index in [1.54, 1.807) is 0 Å². The summed E-state index contributed by atoms with van der Waals surface area (Å²) in [5.41, 5.74) is 13.3. The van der Waals surface area contributed by atoms with E-state index >= 15 is 0 Å². The number of benzene rings is 8. The highest BCUT2D eigenvalue weighted by molar-refractivity contribution is 6.23. The van der Waals surface area contributed by atoms with E-state index < -0.39 is 0 Å². The van der Waals surface area contributed by atoms with Crippen LogP contribution in [0, 0.1) is 0 Å². The summed E-state index contributed by atoms with van der Waals surface area (Å²) < 4.78 is 4.68. The van der Waals surface area contributed by atoms with E-state index in [-0.39, 0.29) is 0 Å². The molecule has 11 aromatic rings. The van der Waals surface area contributed by atoms with Gasteiger partial charge in [-0.2, -0.15) is 9.97 Å². The van der Waals surface area contributed by atoms with Crippen molar-refractivity contribution in [1.82, 2.24) is 24.1 Å². The number of aryl methyl sites for hydroxylation is 1. The summed E-state index contributed by atoms with van der Waals surface area (Å²) in [5.74, 6) is 1.82. The molecule has 0 atom stereocenters. The Morgan fingerprint density at radius 2 is 0.900 bits per heavy atom. The van der Waals surface area contributed by atoms with E-state index in [0.717, 1.165) is 61.6 Å². The third-order valence-electron chi connectivity index (χ3n) is 11.8. The average molecular weight is 772 g/mol. The highest BCUT2D eigenvalue weighted by Gasteiger charge is 2.23. The van der Waals surface area contributed by atoms with Crippen molar-refractivity contribution in [2.24, 2.45) is 0 Å². The Bertz CT molecular complexity index is 3340. The summed E-state index contributed by atoms with van der Waals surface area (Å²) in [6.07, 6.45) is 3.42. The molecule has 0 N–H and O–H groups in total. The second kappa shape index (κ2) is 14.9. The first-order chi connectivity index (χ1) is 29.7. The van der Waals surface area contributed by atoms with Crippen LogP contribution in [0.4, 0.5) is 0 Å². The Morgan fingerprint density at radius 3 is 1.58 bits per heavy atom. The number of hydrogen-bond donors (Lipinski definition) is 0. The first kappa shape index (κ1) is 35.5. The minimum absolute atomic E-state index is 0.570. The van der Waals surface area contributed by atoms with Crippen LogP contribution < -0.4 is 0 Å². The van der Waals surface area contributed by atoms with Gasteiger partial charge in [-0.25, -0.2) is 4.98 Å². The van der Waals surface area contributed by atoms with Gasteiger partial charge in [0.25, 0.3) is 0 Å². The zero-order chi connectivity index (χ0) is 40.0. The summed E-state index contributed by atoms with van der Waals surface area (Å²) in [7, 11) is 0. The van der Waals surface area contributed by atoms with Gasteiger partial charge in [-0.15, -0.1) is 0 Å². The third kappa shape index (κ3) is 6.14. The van der Waals surface area contributed by atoms with Crippen molar-refractivity contribution in [3.05, 3.63) is 200 Å². The number of unbranched alkanes of at least 4 members (excludes halogenated alkanes) is 1. The van der Waals surface area contributed by atoms with Crippen molar-refractivity contribution >= 4 is 43.6 Å². The van der Waals surface area contributed by atoms with Gasteiger partial charge in [-0.1, -0.05) is 177 Å². The van der Waals surface area contributed by atoms with Crippen LogP contribution in [0.3, 0.4) is 0 Å². The van der Waals surface area contributed by atoms with Crippen LogP contribution in [-0.4, -0.2) is 24.1 Å². The van der Waals surface area contributed by atoms with E-state index in [1.807, 2.05) is 18.2 Å². The van der Waals surface area contributed by atoms with E-state index in [9.17, 15) is 0 Å². The molecule has 8 aromatic carbocycles. The van der Waals surface area contributed by atoms with Gasteiger partial charge in [0.05, 0.1) is 22.1 Å². The molecule has 0 saturated heterocycles. The van der Waals surface area contributed by atoms with E-state index in [1.165, 1.54) is 45.9 Å². The number of hydrogen-bond acceptors (Lipinski definition) is 3. The Kier molecular flexibility index (Phi) is 8.85. The maximum absolute atomic E-state index is 5.40. The molecule has 0 fully saturated rings. The second-order valence-corrected chi connectivity index (χ2v) is 15.5. The van der Waals surface area contributed by atoms with Crippen LogP contribution in [0.5, 0.6) is 0 Å². The predicted molar refractivity (Wildman–Crippen MR) is 249 cm³/mol. The fraction of sp³-hybridized carbons (Fsp3) is 0.0727. The van der Waals surface area contributed by atoms with E-state index in [0.29, 0.717) is 17.6 Å². The predicted octanol–water partition coefficient (Wildman–Crippen LogP) is 14.1. The molecule has 0 radical (unpaired) electrons. The summed E-state index contributed by atoms with van der Waals surface area (Å²) in [5, 5.41) is 4.63. The van der Waals surface area contributed by atoms with Crippen molar-refractivity contribution in [2.45, 2.75) is 26.2 Å². The first-order valence-corrected chi connectivity index (χ1v) is 20.8. The van der Waals surface area contributed by atoms with E-state index in [2.05, 4.69) is 192 Å². The first-order valence-electron chi connectivity index (χ1n) is 20.8. The third-order valence-corrected chi connectivity index (χ3v) is 11.8. The molecule has 286 valence electrons. The zero-order valence-corrected chi connectivity index (χ0v) is 33.3. The highest BCUT2D eigenvalue weighted by Crippen LogP contribution is 2.42. The average Bonchev–Trinajstić information content (AvgIpc) is 3.85. The fourth-order valence-electron chi connectivity index (χ4n) is 8.85. The summed E-state index contributed by atoms with van der Waals surface area (Å²) in [6.45, 7) is 2.24. The van der Waals surface area contributed by atoms with E-state index in [4.69, 9.17) is 15.0 Å². The Labute approximate surface area is 348 Å². The molecule has 0 amide bonds. The summed E-state index contributed by atoms with van der Waals surface area (Å²) in [4.78, 5) is 15.9. The van der Waals surface area contributed by atoms with Crippen molar-refractivity contribution < 1.29 is 0 Å². The number of nitrogens with zero attached hydrogens (tertiary/aromatic N) is 5. The second-order valence-electron chi connectivity index (χ2n) is 15.5. The molecule has 3 aromatic heterocycles. The quantitative estimate of drug-likeness (QED) is 0.147. The van der Waals surface area contributed by atoms with Crippen LogP contribution in [0.1, 0.15) is 25.3 Å². The molecule has 0 bridgehead atoms. The number of rotatable bonds is 9. The monoisotopic (exact) mass is 771 g/mol. The Morgan fingerprint density at radius 1 is 0.383 bits per heavy atom. The van der Waals surface area contributed by atoms with Crippen molar-refractivity contribution in [3.8, 4) is 56.7 Å². The molecule has 5 nitrogen and oxygen atoms in total. The van der Waals surface area contributed by atoms with Gasteiger partial charge in [0.15, 0.2) is 11.6 Å². The lowest BCUT2D eigenvalue weighted by molar-refractivity contribution is 0.795. The number of para-hydroxylation sites is 2. The molecule has 5 heteroatoms. The van der Waals surface area contributed by atoms with Crippen LogP contribution in [-0.2, 0) is 6.42 Å². The molecule has 60 heavy (non-hydrogen) atoms. The lowest BCUT2D eigenvalue weighted by Gasteiger charge is -2.14. The maximum Gasteiger partial charge on any atom is 0.238 e. The SMILES string of the molecule is CCCCc1cccc(-c2cccc(-c3nc(-c4ccccc4)nc(-n4c5ccccc5c5ccc6c7ccccc7n(-c7ccc(-c8ccccc8)cc7)c6c54)n3)c2)c1. The van der Waals surface area contributed by atoms with Gasteiger partial charge < -0.3 is 4.57 Å². The molecular formula is C55H41N5. The maximum atomic E-state index is 5.40. The lowest BCUT2D eigenvalue weighted by Crippen LogP contribution is -2.07. The molecular weight excluding hydrogens is 731 g/mol. The smallest absolute Gasteiger partial charge is 0.238 e.